The molecule has 1 aliphatic carbocycles. The van der Waals surface area contributed by atoms with Crippen LogP contribution in [0.5, 0.6) is 5.75 Å². The second-order valence-electron chi connectivity index (χ2n) is 8.69. The Labute approximate surface area is 186 Å². The maximum atomic E-state index is 14.1. The molecule has 11 heteroatoms. The second-order valence-corrected chi connectivity index (χ2v) is 10.6. The summed E-state index contributed by atoms with van der Waals surface area (Å²) in [5.41, 5.74) is -0.418. The highest BCUT2D eigenvalue weighted by molar-refractivity contribution is 7.89. The van der Waals surface area contributed by atoms with Crippen molar-refractivity contribution in [3.8, 4) is 5.75 Å². The number of ether oxygens (including phenoxy) is 1. The molecule has 1 aromatic carbocycles. The summed E-state index contributed by atoms with van der Waals surface area (Å²) < 4.78 is 49.0. The van der Waals surface area contributed by atoms with Crippen molar-refractivity contribution < 1.29 is 17.5 Å². The molecule has 0 spiro atoms. The summed E-state index contributed by atoms with van der Waals surface area (Å²) in [6, 6.07) is 3.98. The molecule has 1 heterocycles. The van der Waals surface area contributed by atoms with Crippen molar-refractivity contribution in [3.63, 3.8) is 0 Å². The number of aromatic amines is 2. The van der Waals surface area contributed by atoms with Gasteiger partial charge in [-0.2, -0.15) is 0 Å². The number of hydrogen-bond donors (Lipinski definition) is 3. The first kappa shape index (κ1) is 24.2. The minimum absolute atomic E-state index is 0.0520. The lowest BCUT2D eigenvalue weighted by Crippen LogP contribution is -2.33. The normalized spacial score (nSPS) is 15.2. The van der Waals surface area contributed by atoms with Crippen LogP contribution in [0.25, 0.3) is 0 Å². The van der Waals surface area contributed by atoms with E-state index in [4.69, 9.17) is 4.74 Å². The van der Waals surface area contributed by atoms with Gasteiger partial charge in [0.05, 0.1) is 12.4 Å². The summed E-state index contributed by atoms with van der Waals surface area (Å²) in [5.74, 6) is 0.0541. The molecule has 1 fully saturated rings. The van der Waals surface area contributed by atoms with Gasteiger partial charge in [-0.1, -0.05) is 26.3 Å². The zero-order chi connectivity index (χ0) is 23.3. The fourth-order valence-corrected chi connectivity index (χ4v) is 4.92. The van der Waals surface area contributed by atoms with Gasteiger partial charge in [-0.3, -0.25) is 4.98 Å². The average molecular weight is 471 g/mol. The van der Waals surface area contributed by atoms with Crippen LogP contribution in [0.15, 0.2) is 27.8 Å². The van der Waals surface area contributed by atoms with Crippen LogP contribution < -0.4 is 20.8 Å². The summed E-state index contributed by atoms with van der Waals surface area (Å²) in [7, 11) is -3.58. The van der Waals surface area contributed by atoms with Crippen molar-refractivity contribution in [1.29, 1.82) is 0 Å². The van der Waals surface area contributed by atoms with Crippen molar-refractivity contribution in [1.82, 2.24) is 19.5 Å². The van der Waals surface area contributed by atoms with E-state index >= 15 is 0 Å². The van der Waals surface area contributed by atoms with Crippen molar-refractivity contribution in [2.75, 3.05) is 12.4 Å². The zero-order valence-electron chi connectivity index (χ0n) is 18.4. The molecule has 9 nitrogen and oxygen atoms in total. The lowest BCUT2D eigenvalue weighted by molar-refractivity contribution is 0.284. The molecule has 0 bridgehead atoms. The quantitative estimate of drug-likeness (QED) is 0.387. The van der Waals surface area contributed by atoms with E-state index in [0.29, 0.717) is 43.9 Å². The summed E-state index contributed by atoms with van der Waals surface area (Å²) in [5, 5.41) is 2.36. The number of rotatable bonds is 13. The minimum Gasteiger partial charge on any atom is -0.490 e. The molecule has 1 aliphatic rings. The molecular weight excluding hydrogens is 439 g/mol. The third-order valence-electron chi connectivity index (χ3n) is 5.46. The molecule has 2 aromatic rings. The van der Waals surface area contributed by atoms with Gasteiger partial charge >= 0.3 is 11.4 Å². The third kappa shape index (κ3) is 7.06. The number of unbranched alkanes of at least 4 members (excludes halogenated alkanes) is 2. The van der Waals surface area contributed by atoms with E-state index in [0.717, 1.165) is 12.8 Å². The second kappa shape index (κ2) is 10.5. The first-order valence-corrected chi connectivity index (χ1v) is 12.6. The fraction of sp³-hybridized carbons (Fsp3) is 0.619. The zero-order valence-corrected chi connectivity index (χ0v) is 19.2. The predicted molar refractivity (Wildman–Crippen MR) is 119 cm³/mol. The van der Waals surface area contributed by atoms with Crippen LogP contribution >= 0.6 is 0 Å². The van der Waals surface area contributed by atoms with Crippen LogP contribution in [-0.2, 0) is 16.6 Å². The van der Waals surface area contributed by atoms with Gasteiger partial charge in [0, 0.05) is 12.6 Å². The van der Waals surface area contributed by atoms with E-state index in [1.165, 1.54) is 10.7 Å². The molecule has 32 heavy (non-hydrogen) atoms. The van der Waals surface area contributed by atoms with Crippen LogP contribution in [0.1, 0.15) is 57.6 Å². The summed E-state index contributed by atoms with van der Waals surface area (Å²) >= 11 is 0. The van der Waals surface area contributed by atoms with E-state index in [9.17, 15) is 22.4 Å². The van der Waals surface area contributed by atoms with Crippen molar-refractivity contribution in [2.24, 2.45) is 11.8 Å². The summed E-state index contributed by atoms with van der Waals surface area (Å²) in [4.78, 5) is 24.6. The molecule has 1 atom stereocenters. The maximum Gasteiger partial charge on any atom is 0.344 e. The Morgan fingerprint density at radius 2 is 1.97 bits per heavy atom. The highest BCUT2D eigenvalue weighted by Gasteiger charge is 2.25. The lowest BCUT2D eigenvalue weighted by atomic mass is 9.97. The standard InChI is InChI=1S/C21H31FN4O5S/c1-14(2)19(16-8-9-17(22)18(12-16)31-13-15-6-7-15)25-32(29,30)11-5-3-4-10-26-21(28)23-20(27)24-26/h8-9,12,14-15,19,25H,3-7,10-11,13H2,1-2H3,(H2,23,24,27,28). The summed E-state index contributed by atoms with van der Waals surface area (Å²) in [6.07, 6.45) is 3.72. The van der Waals surface area contributed by atoms with E-state index < -0.39 is 33.3 Å². The Morgan fingerprint density at radius 1 is 1.22 bits per heavy atom. The molecule has 1 aromatic heterocycles. The number of aryl methyl sites for hydroxylation is 1. The van der Waals surface area contributed by atoms with E-state index in [-0.39, 0.29) is 17.4 Å². The van der Waals surface area contributed by atoms with Gasteiger partial charge < -0.3 is 4.74 Å². The summed E-state index contributed by atoms with van der Waals surface area (Å²) in [6.45, 7) is 4.58. The number of nitrogens with zero attached hydrogens (tertiary/aromatic N) is 1. The van der Waals surface area contributed by atoms with Gasteiger partial charge in [0.15, 0.2) is 11.6 Å². The number of sulfonamides is 1. The Bertz CT molecular complexity index is 1120. The first-order chi connectivity index (χ1) is 15.1. The average Bonchev–Trinajstić information content (AvgIpc) is 3.49. The van der Waals surface area contributed by atoms with E-state index in [2.05, 4.69) is 14.8 Å². The molecule has 0 radical (unpaired) electrons. The number of nitrogens with one attached hydrogen (secondary N) is 3. The molecule has 3 rings (SSSR count). The molecular formula is C21H31FN4O5S. The number of H-pyrrole nitrogens is 2. The Hall–Kier alpha value is -2.40. The smallest absolute Gasteiger partial charge is 0.344 e. The highest BCUT2D eigenvalue weighted by atomic mass is 32.2. The Balaban J connectivity index is 1.54. The fourth-order valence-electron chi connectivity index (χ4n) is 3.42. The lowest BCUT2D eigenvalue weighted by Gasteiger charge is -2.23. The predicted octanol–water partition coefficient (Wildman–Crippen LogP) is 2.28. The van der Waals surface area contributed by atoms with Gasteiger partial charge in [-0.25, -0.2) is 36.9 Å². The van der Waals surface area contributed by atoms with Crippen LogP contribution in [0.3, 0.4) is 0 Å². The topological polar surface area (TPSA) is 126 Å². The molecule has 0 aliphatic heterocycles. The molecule has 0 amide bonds. The number of benzene rings is 1. The minimum atomic E-state index is -3.58. The third-order valence-corrected chi connectivity index (χ3v) is 6.90. The maximum absolute atomic E-state index is 14.1. The van der Waals surface area contributed by atoms with Gasteiger partial charge in [0.2, 0.25) is 10.0 Å². The van der Waals surface area contributed by atoms with Gasteiger partial charge in [0.1, 0.15) is 0 Å². The van der Waals surface area contributed by atoms with Gasteiger partial charge in [-0.05, 0) is 55.2 Å². The van der Waals surface area contributed by atoms with Crippen LogP contribution in [-0.4, -0.2) is 35.5 Å². The van der Waals surface area contributed by atoms with Gasteiger partial charge in [0.25, 0.3) is 0 Å². The molecule has 1 unspecified atom stereocenters. The van der Waals surface area contributed by atoms with Gasteiger partial charge in [-0.15, -0.1) is 0 Å². The van der Waals surface area contributed by atoms with Crippen molar-refractivity contribution in [3.05, 3.63) is 50.5 Å². The van der Waals surface area contributed by atoms with Crippen LogP contribution in [0, 0.1) is 17.7 Å². The van der Waals surface area contributed by atoms with E-state index in [1.54, 1.807) is 12.1 Å². The SMILES string of the molecule is CC(C)C(NS(=O)(=O)CCCCCn1[nH]c(=O)[nH]c1=O)c1ccc(F)c(OCC2CC2)c1. The largest absolute Gasteiger partial charge is 0.490 e. The molecule has 0 saturated heterocycles. The first-order valence-electron chi connectivity index (χ1n) is 11.0. The Morgan fingerprint density at radius 3 is 2.59 bits per heavy atom. The van der Waals surface area contributed by atoms with E-state index in [1.807, 2.05) is 13.8 Å². The Kier molecular flexibility index (Phi) is 7.94. The molecule has 3 N–H and O–H groups in total. The van der Waals surface area contributed by atoms with Crippen molar-refractivity contribution in [2.45, 2.75) is 58.5 Å². The molecule has 1 saturated carbocycles. The van der Waals surface area contributed by atoms with Crippen molar-refractivity contribution >= 4 is 10.0 Å². The highest BCUT2D eigenvalue weighted by Crippen LogP contribution is 2.32. The number of halogens is 1. The monoisotopic (exact) mass is 470 g/mol. The molecule has 178 valence electrons. The van der Waals surface area contributed by atoms with Crippen LogP contribution in [0.4, 0.5) is 4.39 Å². The number of hydrogen-bond acceptors (Lipinski definition) is 5. The van der Waals surface area contributed by atoms with Crippen LogP contribution in [0.2, 0.25) is 0 Å². The number of aromatic nitrogens is 3.